The molecule has 0 aliphatic carbocycles. The van der Waals surface area contributed by atoms with Gasteiger partial charge in [-0.2, -0.15) is 0 Å². The van der Waals surface area contributed by atoms with Crippen molar-refractivity contribution in [2.24, 2.45) is 0 Å². The van der Waals surface area contributed by atoms with Gasteiger partial charge in [0.15, 0.2) is 34.5 Å². The maximum absolute atomic E-state index is 12.9. The molecule has 0 unspecified atom stereocenters. The molecule has 0 fully saturated rings. The molecule has 1 aliphatic heterocycles. The second-order valence-corrected chi connectivity index (χ2v) is 8.81. The van der Waals surface area contributed by atoms with E-state index in [0.29, 0.717) is 52.9 Å². The Hall–Kier alpha value is -4.67. The minimum absolute atomic E-state index is 0.0353. The molecule has 41 heavy (non-hydrogen) atoms. The first-order chi connectivity index (χ1) is 19.8. The van der Waals surface area contributed by atoms with Crippen LogP contribution in [0.4, 0.5) is 0 Å². The number of benzene rings is 2. The van der Waals surface area contributed by atoms with Gasteiger partial charge in [-0.05, 0) is 60.4 Å². The third-order valence-electron chi connectivity index (χ3n) is 6.32. The summed E-state index contributed by atoms with van der Waals surface area (Å²) in [6.45, 7) is -0.107. The molecule has 0 aromatic heterocycles. The number of ketones is 1. The minimum Gasteiger partial charge on any atom is -0.493 e. The maximum Gasteiger partial charge on any atom is 0.295 e. The lowest BCUT2D eigenvalue weighted by Crippen LogP contribution is -2.40. The van der Waals surface area contributed by atoms with Crippen molar-refractivity contribution < 1.29 is 47.5 Å². The maximum atomic E-state index is 12.9. The monoisotopic (exact) mass is 569 g/mol. The van der Waals surface area contributed by atoms with Crippen LogP contribution in [0.3, 0.4) is 0 Å². The fourth-order valence-electron chi connectivity index (χ4n) is 4.23. The fourth-order valence-corrected chi connectivity index (χ4v) is 4.23. The average Bonchev–Trinajstić information content (AvgIpc) is 3.00. The largest absolute Gasteiger partial charge is 0.493 e. The van der Waals surface area contributed by atoms with E-state index in [1.54, 1.807) is 36.4 Å². The van der Waals surface area contributed by atoms with E-state index >= 15 is 0 Å². The van der Waals surface area contributed by atoms with Crippen molar-refractivity contribution in [3.05, 3.63) is 53.3 Å². The van der Waals surface area contributed by atoms with E-state index in [0.717, 1.165) is 10.5 Å². The van der Waals surface area contributed by atoms with Gasteiger partial charge in [0.2, 0.25) is 11.5 Å². The number of Topliss-reactive ketones (excluding diaryl/α,β-unsaturated/α-hetero) is 1. The number of imide groups is 1. The van der Waals surface area contributed by atoms with Crippen molar-refractivity contribution in [3.8, 4) is 34.5 Å². The van der Waals surface area contributed by atoms with Crippen LogP contribution in [0.25, 0.3) is 6.08 Å². The summed E-state index contributed by atoms with van der Waals surface area (Å²) in [6, 6.07) is 6.91. The van der Waals surface area contributed by atoms with Crippen molar-refractivity contribution in [1.82, 2.24) is 4.90 Å². The third-order valence-corrected chi connectivity index (χ3v) is 6.32. The van der Waals surface area contributed by atoms with Crippen molar-refractivity contribution in [3.63, 3.8) is 0 Å². The molecular weight excluding hydrogens is 534 g/mol. The Labute approximate surface area is 239 Å². The molecule has 3 rings (SSSR count). The average molecular weight is 570 g/mol. The van der Waals surface area contributed by atoms with Gasteiger partial charge in [0.1, 0.15) is 6.61 Å². The molecule has 2 amide bonds. The van der Waals surface area contributed by atoms with Gasteiger partial charge in [0.05, 0.1) is 42.7 Å². The molecule has 11 heteroatoms. The first-order valence-electron chi connectivity index (χ1n) is 12.8. The number of methoxy groups -OCH3 is 6. The van der Waals surface area contributed by atoms with E-state index in [1.165, 1.54) is 48.7 Å². The lowest BCUT2D eigenvalue weighted by molar-refractivity contribution is -0.142. The highest BCUT2D eigenvalue weighted by atomic mass is 16.5. The van der Waals surface area contributed by atoms with Crippen LogP contribution in [0.1, 0.15) is 24.0 Å². The van der Waals surface area contributed by atoms with Gasteiger partial charge in [-0.3, -0.25) is 19.3 Å². The van der Waals surface area contributed by atoms with Gasteiger partial charge >= 0.3 is 0 Å². The van der Waals surface area contributed by atoms with E-state index < -0.39 is 11.8 Å². The summed E-state index contributed by atoms with van der Waals surface area (Å²) in [6.07, 6.45) is 5.39. The van der Waals surface area contributed by atoms with Crippen LogP contribution < -0.4 is 28.4 Å². The predicted molar refractivity (Wildman–Crippen MR) is 150 cm³/mol. The summed E-state index contributed by atoms with van der Waals surface area (Å²) in [5, 5.41) is 0. The number of hydrogen-bond acceptors (Lipinski definition) is 10. The zero-order valence-corrected chi connectivity index (χ0v) is 24.1. The third kappa shape index (κ3) is 7.50. The molecule has 0 saturated carbocycles. The summed E-state index contributed by atoms with van der Waals surface area (Å²) >= 11 is 0. The standard InChI is InChI=1S/C30H35NO10/c1-35-23-14-19(15-24(36-2)28(23)39-5)9-11-21(32)18-41-22-8-7-13-31(30(22)34)27(33)12-10-20-16-25(37-3)29(40-6)26(17-20)38-4/h8,10,12,14-17H,7,9,11,13,18H2,1-6H3. The SMILES string of the molecule is COc1cc(C=CC(=O)N2CCC=C(OCC(=O)CCc3cc(OC)c(OC)c(OC)c3)C2=O)cc(OC)c1OC. The Morgan fingerprint density at radius 1 is 0.805 bits per heavy atom. The fraction of sp³-hybridized carbons (Fsp3) is 0.367. The predicted octanol–water partition coefficient (Wildman–Crippen LogP) is 3.61. The lowest BCUT2D eigenvalue weighted by atomic mass is 10.1. The number of aryl methyl sites for hydroxylation is 1. The quantitative estimate of drug-likeness (QED) is 0.312. The topological polar surface area (TPSA) is 119 Å². The second-order valence-electron chi connectivity index (χ2n) is 8.81. The van der Waals surface area contributed by atoms with Gasteiger partial charge in [0, 0.05) is 19.0 Å². The molecular formula is C30H35NO10. The number of carbonyl (C=O) groups excluding carboxylic acids is 3. The Morgan fingerprint density at radius 2 is 1.34 bits per heavy atom. The lowest BCUT2D eigenvalue weighted by Gasteiger charge is -2.24. The van der Waals surface area contributed by atoms with Crippen LogP contribution in [-0.4, -0.2) is 78.3 Å². The zero-order chi connectivity index (χ0) is 29.9. The number of rotatable bonds is 14. The van der Waals surface area contributed by atoms with Gasteiger partial charge in [-0.25, -0.2) is 0 Å². The highest BCUT2D eigenvalue weighted by molar-refractivity contribution is 6.08. The minimum atomic E-state index is -0.604. The molecule has 11 nitrogen and oxygen atoms in total. The van der Waals surface area contributed by atoms with Crippen molar-refractivity contribution >= 4 is 23.7 Å². The zero-order valence-electron chi connectivity index (χ0n) is 24.1. The summed E-state index contributed by atoms with van der Waals surface area (Å²) in [5.41, 5.74) is 1.43. The number of hydrogen-bond donors (Lipinski definition) is 0. The van der Waals surface area contributed by atoms with Gasteiger partial charge in [0.25, 0.3) is 11.8 Å². The molecule has 0 atom stereocenters. The van der Waals surface area contributed by atoms with Crippen molar-refractivity contribution in [2.45, 2.75) is 19.3 Å². The molecule has 2 aromatic carbocycles. The second kappa shape index (κ2) is 14.6. The molecule has 1 aliphatic rings. The summed E-state index contributed by atoms with van der Waals surface area (Å²) in [7, 11) is 9.04. The Morgan fingerprint density at radius 3 is 1.85 bits per heavy atom. The highest BCUT2D eigenvalue weighted by Gasteiger charge is 2.28. The van der Waals surface area contributed by atoms with Crippen LogP contribution >= 0.6 is 0 Å². The number of ether oxygens (including phenoxy) is 7. The van der Waals surface area contributed by atoms with Crippen LogP contribution in [-0.2, 0) is 25.5 Å². The van der Waals surface area contributed by atoms with E-state index in [2.05, 4.69) is 0 Å². The van der Waals surface area contributed by atoms with Crippen molar-refractivity contribution in [2.75, 3.05) is 55.8 Å². The number of carbonyl (C=O) groups is 3. The van der Waals surface area contributed by atoms with Gasteiger partial charge < -0.3 is 33.2 Å². The first kappa shape index (κ1) is 30.9. The molecule has 1 heterocycles. The molecule has 0 saturated heterocycles. The molecule has 0 spiro atoms. The number of nitrogens with zero attached hydrogens (tertiary/aromatic N) is 1. The first-order valence-corrected chi connectivity index (χ1v) is 12.8. The van der Waals surface area contributed by atoms with Crippen LogP contribution in [0.5, 0.6) is 34.5 Å². The molecule has 0 bridgehead atoms. The Balaban J connectivity index is 1.59. The molecule has 220 valence electrons. The highest BCUT2D eigenvalue weighted by Crippen LogP contribution is 2.39. The smallest absolute Gasteiger partial charge is 0.295 e. The summed E-state index contributed by atoms with van der Waals surface area (Å²) in [4.78, 5) is 39.4. The Bertz CT molecular complexity index is 1280. The Kier molecular flexibility index (Phi) is 11.0. The summed E-state index contributed by atoms with van der Waals surface area (Å²) in [5.74, 6) is 1.37. The number of amides is 2. The van der Waals surface area contributed by atoms with Gasteiger partial charge in [-0.15, -0.1) is 0 Å². The van der Waals surface area contributed by atoms with E-state index in [9.17, 15) is 14.4 Å². The summed E-state index contributed by atoms with van der Waals surface area (Å²) < 4.78 is 37.5. The molecule has 0 N–H and O–H groups in total. The molecule has 2 aromatic rings. The van der Waals surface area contributed by atoms with E-state index in [4.69, 9.17) is 33.2 Å². The van der Waals surface area contributed by atoms with Crippen LogP contribution in [0.2, 0.25) is 0 Å². The van der Waals surface area contributed by atoms with E-state index in [1.807, 2.05) is 0 Å². The van der Waals surface area contributed by atoms with Crippen LogP contribution in [0.15, 0.2) is 42.2 Å². The molecule has 0 radical (unpaired) electrons. The van der Waals surface area contributed by atoms with Crippen molar-refractivity contribution in [1.29, 1.82) is 0 Å². The van der Waals surface area contributed by atoms with Crippen LogP contribution in [0, 0.1) is 0 Å². The van der Waals surface area contributed by atoms with E-state index in [-0.39, 0.29) is 31.1 Å². The normalized spacial score (nSPS) is 13.0. The van der Waals surface area contributed by atoms with Gasteiger partial charge in [-0.1, -0.05) is 0 Å².